The molecule has 0 aliphatic heterocycles. The highest BCUT2D eigenvalue weighted by Gasteiger charge is 2.18. The maximum Gasteiger partial charge on any atom is 0.230 e. The van der Waals surface area contributed by atoms with Gasteiger partial charge in [-0.1, -0.05) is 39.5 Å². The predicted octanol–water partition coefficient (Wildman–Crippen LogP) is 5.45. The molecule has 1 aliphatic rings. The lowest BCUT2D eigenvalue weighted by Crippen LogP contribution is -2.23. The van der Waals surface area contributed by atoms with Gasteiger partial charge in [0, 0.05) is 18.8 Å². The van der Waals surface area contributed by atoms with Crippen molar-refractivity contribution in [3.8, 4) is 0 Å². The van der Waals surface area contributed by atoms with Crippen molar-refractivity contribution in [1.82, 2.24) is 18.9 Å². The summed E-state index contributed by atoms with van der Waals surface area (Å²) in [5.74, 6) is 1.59. The number of rotatable bonds is 7. The minimum atomic E-state index is 0.505. The largest absolute Gasteiger partial charge is 0.365 e. The maximum atomic E-state index is 4.87. The summed E-state index contributed by atoms with van der Waals surface area (Å²) in [4.78, 5) is 9.62. The van der Waals surface area contributed by atoms with E-state index in [1.807, 2.05) is 19.9 Å². The lowest BCUT2D eigenvalue weighted by Gasteiger charge is -2.24. The summed E-state index contributed by atoms with van der Waals surface area (Å²) >= 11 is 1.44. The highest BCUT2D eigenvalue weighted by molar-refractivity contribution is 7.10. The second-order valence-electron chi connectivity index (χ2n) is 7.84. The fraction of sp³-hybridized carbons (Fsp3) is 0.591. The Morgan fingerprint density at radius 1 is 1.20 bits per heavy atom. The second-order valence-corrected chi connectivity index (χ2v) is 8.64. The van der Waals surface area contributed by atoms with Crippen molar-refractivity contribution in [3.05, 3.63) is 24.0 Å². The van der Waals surface area contributed by atoms with Crippen LogP contribution < -0.4 is 16.4 Å². The normalized spacial score (nSPS) is 14.4. The number of hydrogen-bond donors (Lipinski definition) is 3. The van der Waals surface area contributed by atoms with Gasteiger partial charge in [0.05, 0.1) is 11.2 Å². The molecule has 3 heterocycles. The van der Waals surface area contributed by atoms with Gasteiger partial charge < -0.3 is 20.9 Å². The zero-order valence-corrected chi connectivity index (χ0v) is 19.3. The molecule has 1 saturated carbocycles. The van der Waals surface area contributed by atoms with Gasteiger partial charge in [0.15, 0.2) is 5.82 Å². The van der Waals surface area contributed by atoms with Crippen LogP contribution in [0.4, 0.5) is 16.8 Å². The molecule has 1 aliphatic carbocycles. The van der Waals surface area contributed by atoms with Gasteiger partial charge in [0.2, 0.25) is 5.95 Å². The Morgan fingerprint density at radius 3 is 2.63 bits per heavy atom. The molecule has 0 unspecified atom stereocenters. The first kappa shape index (κ1) is 22.5. The summed E-state index contributed by atoms with van der Waals surface area (Å²) < 4.78 is 6.63. The molecule has 30 heavy (non-hydrogen) atoms. The molecule has 7 nitrogen and oxygen atoms in total. The number of nitrogens with two attached hydrogens (primary N) is 1. The van der Waals surface area contributed by atoms with Gasteiger partial charge in [-0.2, -0.15) is 9.36 Å². The third-order valence-electron chi connectivity index (χ3n) is 5.17. The Hall–Kier alpha value is -2.19. The van der Waals surface area contributed by atoms with Gasteiger partial charge in [-0.25, -0.2) is 4.98 Å². The Labute approximate surface area is 183 Å². The van der Waals surface area contributed by atoms with Crippen molar-refractivity contribution in [2.45, 2.75) is 78.3 Å². The Bertz CT molecular complexity index is 911. The topological polar surface area (TPSA) is 93.7 Å². The van der Waals surface area contributed by atoms with Crippen molar-refractivity contribution < 1.29 is 0 Å². The first-order valence-corrected chi connectivity index (χ1v) is 12.0. The molecule has 0 saturated heterocycles. The zero-order valence-electron chi connectivity index (χ0n) is 18.4. The minimum Gasteiger partial charge on any atom is -0.365 e. The van der Waals surface area contributed by atoms with E-state index in [-0.39, 0.29) is 0 Å². The van der Waals surface area contributed by atoms with Crippen LogP contribution in [0.25, 0.3) is 11.0 Å². The fourth-order valence-electron chi connectivity index (χ4n) is 3.75. The Kier molecular flexibility index (Phi) is 8.45. The SMILES string of the molecule is CCCCn1ccc2nc(Nc3cc(C)ns3)nc(NC3CCCCC3)c21.CCN. The van der Waals surface area contributed by atoms with Crippen LogP contribution in [-0.4, -0.2) is 31.5 Å². The first-order chi connectivity index (χ1) is 14.6. The molecule has 8 heteroatoms. The number of unbranched alkanes of at least 4 members (excludes halogenated alkanes) is 1. The summed E-state index contributed by atoms with van der Waals surface area (Å²) in [6.45, 7) is 7.88. The summed E-state index contributed by atoms with van der Waals surface area (Å²) in [6.07, 6.45) is 10.9. The maximum absolute atomic E-state index is 4.87. The average Bonchev–Trinajstić information content (AvgIpc) is 3.34. The molecule has 0 aromatic carbocycles. The van der Waals surface area contributed by atoms with Gasteiger partial charge in [-0.3, -0.25) is 0 Å². The summed E-state index contributed by atoms with van der Waals surface area (Å²) in [5, 5.41) is 8.04. The van der Waals surface area contributed by atoms with Crippen LogP contribution in [0.15, 0.2) is 18.3 Å². The van der Waals surface area contributed by atoms with Crippen LogP contribution in [0.5, 0.6) is 0 Å². The molecule has 0 bridgehead atoms. The average molecular weight is 430 g/mol. The van der Waals surface area contributed by atoms with E-state index in [9.17, 15) is 0 Å². The predicted molar refractivity (Wildman–Crippen MR) is 128 cm³/mol. The third kappa shape index (κ3) is 5.92. The third-order valence-corrected chi connectivity index (χ3v) is 5.97. The second kappa shape index (κ2) is 11.3. The van der Waals surface area contributed by atoms with E-state index in [1.165, 1.54) is 50.1 Å². The molecule has 164 valence electrons. The van der Waals surface area contributed by atoms with Gasteiger partial charge in [0.1, 0.15) is 10.5 Å². The number of hydrogen-bond acceptors (Lipinski definition) is 7. The summed E-state index contributed by atoms with van der Waals surface area (Å²) in [5.41, 5.74) is 7.97. The van der Waals surface area contributed by atoms with Crippen molar-refractivity contribution in [3.63, 3.8) is 0 Å². The van der Waals surface area contributed by atoms with Crippen LogP contribution in [0.1, 0.15) is 64.5 Å². The lowest BCUT2D eigenvalue weighted by molar-refractivity contribution is 0.462. The van der Waals surface area contributed by atoms with Gasteiger partial charge in [-0.05, 0) is 56.4 Å². The molecule has 0 atom stereocenters. The van der Waals surface area contributed by atoms with E-state index in [2.05, 4.69) is 38.8 Å². The molecular formula is C22H35N7S. The number of fused-ring (bicyclic) bond motifs is 1. The van der Waals surface area contributed by atoms with Gasteiger partial charge in [-0.15, -0.1) is 0 Å². The van der Waals surface area contributed by atoms with Crippen molar-refractivity contribution in [2.24, 2.45) is 5.73 Å². The summed E-state index contributed by atoms with van der Waals surface area (Å²) in [7, 11) is 0. The van der Waals surface area contributed by atoms with Crippen molar-refractivity contribution in [1.29, 1.82) is 0 Å². The lowest BCUT2D eigenvalue weighted by atomic mass is 9.95. The van der Waals surface area contributed by atoms with Crippen molar-refractivity contribution >= 4 is 39.3 Å². The van der Waals surface area contributed by atoms with Crippen LogP contribution in [0.3, 0.4) is 0 Å². The molecule has 4 rings (SSSR count). The van der Waals surface area contributed by atoms with Crippen LogP contribution in [0.2, 0.25) is 0 Å². The van der Waals surface area contributed by atoms with E-state index in [0.29, 0.717) is 12.0 Å². The number of anilines is 3. The van der Waals surface area contributed by atoms with Crippen LogP contribution in [-0.2, 0) is 6.54 Å². The van der Waals surface area contributed by atoms with E-state index in [0.717, 1.165) is 47.1 Å². The van der Waals surface area contributed by atoms with Crippen LogP contribution in [0, 0.1) is 6.92 Å². The molecule has 3 aromatic rings. The standard InChI is InChI=1S/C20H28N6S.C2H7N/c1-3-4-11-26-12-10-16-18(26)19(21-15-8-6-5-7-9-15)24-20(22-16)23-17-13-14(2)25-27-17;1-2-3/h10,12-13,15H,3-9,11H2,1-2H3,(H2,21,22,23,24);2-3H2,1H3. The monoisotopic (exact) mass is 429 g/mol. The van der Waals surface area contributed by atoms with Gasteiger partial charge in [0.25, 0.3) is 0 Å². The molecule has 1 fully saturated rings. The number of nitrogens with one attached hydrogen (secondary N) is 2. The molecule has 0 amide bonds. The highest BCUT2D eigenvalue weighted by atomic mass is 32.1. The molecule has 0 spiro atoms. The van der Waals surface area contributed by atoms with E-state index >= 15 is 0 Å². The van der Waals surface area contributed by atoms with Crippen LogP contribution >= 0.6 is 11.5 Å². The first-order valence-electron chi connectivity index (χ1n) is 11.2. The molecule has 4 N–H and O–H groups in total. The van der Waals surface area contributed by atoms with E-state index < -0.39 is 0 Å². The molecule has 3 aromatic heterocycles. The quantitative estimate of drug-likeness (QED) is 0.462. The molecular weight excluding hydrogens is 394 g/mol. The minimum absolute atomic E-state index is 0.505. The van der Waals surface area contributed by atoms with E-state index in [1.54, 1.807) is 0 Å². The smallest absolute Gasteiger partial charge is 0.230 e. The number of aryl methyl sites for hydroxylation is 2. The van der Waals surface area contributed by atoms with Gasteiger partial charge >= 0.3 is 0 Å². The zero-order chi connectivity index (χ0) is 21.3. The summed E-state index contributed by atoms with van der Waals surface area (Å²) in [6, 6.07) is 4.63. The van der Waals surface area contributed by atoms with E-state index in [4.69, 9.17) is 15.7 Å². The molecule has 0 radical (unpaired) electrons. The Balaban J connectivity index is 0.000000806. The Morgan fingerprint density at radius 2 is 1.97 bits per heavy atom. The number of nitrogens with zero attached hydrogens (tertiary/aromatic N) is 4. The van der Waals surface area contributed by atoms with Crippen molar-refractivity contribution in [2.75, 3.05) is 17.2 Å². The number of aromatic nitrogens is 4. The fourth-order valence-corrected chi connectivity index (χ4v) is 4.41. The highest BCUT2D eigenvalue weighted by Crippen LogP contribution is 2.29.